The number of hydrogen-bond acceptors (Lipinski definition) is 3. The van der Waals surface area contributed by atoms with Crippen LogP contribution in [0.5, 0.6) is 0 Å². The van der Waals surface area contributed by atoms with Crippen LogP contribution >= 0.6 is 0 Å². The van der Waals surface area contributed by atoms with Gasteiger partial charge in [0, 0.05) is 6.20 Å². The first-order valence-electron chi connectivity index (χ1n) is 7.16. The Bertz CT molecular complexity index is 652. The second-order valence-corrected chi connectivity index (χ2v) is 5.04. The van der Waals surface area contributed by atoms with E-state index in [0.29, 0.717) is 0 Å². The van der Waals surface area contributed by atoms with Crippen LogP contribution < -0.4 is 5.32 Å². The maximum Gasteiger partial charge on any atom is 0.356 e. The zero-order chi connectivity index (χ0) is 16.1. The molecule has 2 atom stereocenters. The number of carboxylic acids is 1. The fraction of sp³-hybridized carbons (Fsp3) is 0.312. The Morgan fingerprint density at radius 3 is 2.50 bits per heavy atom. The van der Waals surface area contributed by atoms with E-state index in [-0.39, 0.29) is 17.6 Å². The number of carbonyl (C=O) groups is 2. The molecule has 0 spiro atoms. The summed E-state index contributed by atoms with van der Waals surface area (Å²) in [5, 5.41) is 15.7. The lowest BCUT2D eigenvalue weighted by molar-refractivity contribution is -0.125. The monoisotopic (exact) mass is 301 g/mol. The molecule has 1 aromatic heterocycles. The van der Waals surface area contributed by atoms with Crippen LogP contribution in [0.2, 0.25) is 0 Å². The number of carboxylic acid groups (broad SMARTS) is 1. The number of nitrogens with one attached hydrogen (secondary N) is 1. The molecular weight excluding hydrogens is 282 g/mol. The van der Waals surface area contributed by atoms with Gasteiger partial charge in [-0.2, -0.15) is 5.10 Å². The largest absolute Gasteiger partial charge is 0.476 e. The van der Waals surface area contributed by atoms with Gasteiger partial charge in [-0.15, -0.1) is 0 Å². The molecule has 0 saturated carbocycles. The molecule has 1 amide bonds. The van der Waals surface area contributed by atoms with Gasteiger partial charge >= 0.3 is 5.97 Å². The summed E-state index contributed by atoms with van der Waals surface area (Å²) in [7, 11) is 0. The lowest BCUT2D eigenvalue weighted by Crippen LogP contribution is -2.34. The summed E-state index contributed by atoms with van der Waals surface area (Å²) in [6.45, 7) is 3.69. The van der Waals surface area contributed by atoms with Crippen molar-refractivity contribution in [3.05, 3.63) is 53.9 Å². The van der Waals surface area contributed by atoms with Crippen LogP contribution in [0.4, 0.5) is 0 Å². The van der Waals surface area contributed by atoms with Gasteiger partial charge in [-0.3, -0.25) is 9.48 Å². The Labute approximate surface area is 128 Å². The van der Waals surface area contributed by atoms with Gasteiger partial charge in [-0.1, -0.05) is 37.3 Å². The zero-order valence-corrected chi connectivity index (χ0v) is 12.6. The molecule has 116 valence electrons. The van der Waals surface area contributed by atoms with Gasteiger partial charge in [-0.05, 0) is 25.0 Å². The summed E-state index contributed by atoms with van der Waals surface area (Å²) in [6.07, 6.45) is 2.26. The van der Waals surface area contributed by atoms with Crippen molar-refractivity contribution in [1.82, 2.24) is 15.1 Å². The van der Waals surface area contributed by atoms with Crippen molar-refractivity contribution >= 4 is 11.9 Å². The first-order chi connectivity index (χ1) is 10.5. The smallest absolute Gasteiger partial charge is 0.356 e. The minimum absolute atomic E-state index is 0.0743. The Morgan fingerprint density at radius 1 is 1.27 bits per heavy atom. The lowest BCUT2D eigenvalue weighted by Gasteiger charge is -2.20. The lowest BCUT2D eigenvalue weighted by atomic mass is 10.0. The van der Waals surface area contributed by atoms with E-state index in [4.69, 9.17) is 5.11 Å². The number of aromatic carboxylic acids is 1. The van der Waals surface area contributed by atoms with Crippen LogP contribution in [0.3, 0.4) is 0 Å². The molecule has 2 aromatic rings. The number of hydrogen-bond donors (Lipinski definition) is 2. The van der Waals surface area contributed by atoms with Crippen molar-refractivity contribution in [2.75, 3.05) is 0 Å². The van der Waals surface area contributed by atoms with Gasteiger partial charge < -0.3 is 10.4 Å². The molecule has 0 aliphatic carbocycles. The van der Waals surface area contributed by atoms with Crippen LogP contribution in [-0.4, -0.2) is 26.8 Å². The minimum Gasteiger partial charge on any atom is -0.476 e. The average molecular weight is 301 g/mol. The molecule has 2 unspecified atom stereocenters. The SMILES string of the molecule is CCC(NC(=O)C(C)n1ccc(C(=O)O)n1)c1ccccc1. The third-order valence-electron chi connectivity index (χ3n) is 3.53. The summed E-state index contributed by atoms with van der Waals surface area (Å²) in [5.74, 6) is -1.31. The van der Waals surface area contributed by atoms with Crippen LogP contribution in [0.25, 0.3) is 0 Å². The molecule has 2 rings (SSSR count). The average Bonchev–Trinajstić information content (AvgIpc) is 3.02. The standard InChI is InChI=1S/C16H19N3O3/c1-3-13(12-7-5-4-6-8-12)17-15(20)11(2)19-10-9-14(18-19)16(21)22/h4-11,13H,3H2,1-2H3,(H,17,20)(H,21,22). The van der Waals surface area contributed by atoms with Crippen molar-refractivity contribution in [1.29, 1.82) is 0 Å². The van der Waals surface area contributed by atoms with Crippen molar-refractivity contribution in [2.24, 2.45) is 0 Å². The molecule has 0 saturated heterocycles. The topological polar surface area (TPSA) is 84.2 Å². The fourth-order valence-corrected chi connectivity index (χ4v) is 2.19. The third-order valence-corrected chi connectivity index (χ3v) is 3.53. The van der Waals surface area contributed by atoms with Crippen LogP contribution in [-0.2, 0) is 4.79 Å². The van der Waals surface area contributed by atoms with Crippen molar-refractivity contribution < 1.29 is 14.7 Å². The van der Waals surface area contributed by atoms with E-state index in [0.717, 1.165) is 12.0 Å². The van der Waals surface area contributed by atoms with Crippen molar-refractivity contribution in [3.63, 3.8) is 0 Å². The highest BCUT2D eigenvalue weighted by Gasteiger charge is 2.20. The number of carbonyl (C=O) groups excluding carboxylic acids is 1. The quantitative estimate of drug-likeness (QED) is 0.858. The molecule has 2 N–H and O–H groups in total. The van der Waals surface area contributed by atoms with Gasteiger partial charge in [0.15, 0.2) is 5.69 Å². The highest BCUT2D eigenvalue weighted by Crippen LogP contribution is 2.17. The molecular formula is C16H19N3O3. The zero-order valence-electron chi connectivity index (χ0n) is 12.6. The third kappa shape index (κ3) is 3.52. The molecule has 0 aliphatic rings. The fourth-order valence-electron chi connectivity index (χ4n) is 2.19. The van der Waals surface area contributed by atoms with Crippen molar-refractivity contribution in [3.8, 4) is 0 Å². The number of rotatable bonds is 6. The molecule has 6 heteroatoms. The second kappa shape index (κ2) is 6.89. The molecule has 6 nitrogen and oxygen atoms in total. The molecule has 0 aliphatic heterocycles. The normalized spacial score (nSPS) is 13.4. The van der Waals surface area contributed by atoms with Crippen molar-refractivity contribution in [2.45, 2.75) is 32.4 Å². The first-order valence-corrected chi connectivity index (χ1v) is 7.16. The van der Waals surface area contributed by atoms with E-state index in [9.17, 15) is 9.59 Å². The Hall–Kier alpha value is -2.63. The predicted octanol–water partition coefficient (Wildman–Crippen LogP) is 2.41. The van der Waals surface area contributed by atoms with E-state index < -0.39 is 12.0 Å². The maximum absolute atomic E-state index is 12.3. The second-order valence-electron chi connectivity index (χ2n) is 5.04. The summed E-state index contributed by atoms with van der Waals surface area (Å²) in [4.78, 5) is 23.2. The van der Waals surface area contributed by atoms with Gasteiger partial charge in [0.05, 0.1) is 6.04 Å². The summed E-state index contributed by atoms with van der Waals surface area (Å²) >= 11 is 0. The van der Waals surface area contributed by atoms with E-state index >= 15 is 0 Å². The molecule has 22 heavy (non-hydrogen) atoms. The number of nitrogens with zero attached hydrogens (tertiary/aromatic N) is 2. The van der Waals surface area contributed by atoms with Gasteiger partial charge in [-0.25, -0.2) is 4.79 Å². The minimum atomic E-state index is -1.11. The Kier molecular flexibility index (Phi) is 4.93. The summed E-state index contributed by atoms with van der Waals surface area (Å²) in [6, 6.07) is 10.4. The summed E-state index contributed by atoms with van der Waals surface area (Å²) in [5.41, 5.74) is 0.965. The van der Waals surface area contributed by atoms with Crippen LogP contribution in [0.1, 0.15) is 48.4 Å². The van der Waals surface area contributed by atoms with Gasteiger partial charge in [0.1, 0.15) is 6.04 Å². The number of amides is 1. The molecule has 0 bridgehead atoms. The molecule has 0 fully saturated rings. The van der Waals surface area contributed by atoms with Crippen LogP contribution in [0, 0.1) is 0 Å². The van der Waals surface area contributed by atoms with E-state index in [1.165, 1.54) is 16.9 Å². The van der Waals surface area contributed by atoms with E-state index in [1.54, 1.807) is 6.92 Å². The van der Waals surface area contributed by atoms with Gasteiger partial charge in [0.2, 0.25) is 5.91 Å². The molecule has 1 heterocycles. The molecule has 0 radical (unpaired) electrons. The maximum atomic E-state index is 12.3. The van der Waals surface area contributed by atoms with Crippen LogP contribution in [0.15, 0.2) is 42.6 Å². The highest BCUT2D eigenvalue weighted by molar-refractivity contribution is 5.85. The summed E-state index contributed by atoms with van der Waals surface area (Å²) < 4.78 is 1.36. The van der Waals surface area contributed by atoms with E-state index in [1.807, 2.05) is 37.3 Å². The first kappa shape index (κ1) is 15.8. The van der Waals surface area contributed by atoms with E-state index in [2.05, 4.69) is 10.4 Å². The molecule has 1 aromatic carbocycles. The number of aromatic nitrogens is 2. The van der Waals surface area contributed by atoms with Gasteiger partial charge in [0.25, 0.3) is 0 Å². The Balaban J connectivity index is 2.08. The number of benzene rings is 1. The highest BCUT2D eigenvalue weighted by atomic mass is 16.4. The predicted molar refractivity (Wildman–Crippen MR) is 81.5 cm³/mol. The Morgan fingerprint density at radius 2 is 1.95 bits per heavy atom.